The number of hydrogen-bond donors (Lipinski definition) is 1. The summed E-state index contributed by atoms with van der Waals surface area (Å²) in [6.07, 6.45) is 10.3. The molecule has 38 heavy (non-hydrogen) atoms. The number of piperidine rings is 1. The zero-order valence-corrected chi connectivity index (χ0v) is 24.6. The van der Waals surface area contributed by atoms with Gasteiger partial charge >= 0.3 is 0 Å². The highest BCUT2D eigenvalue weighted by Gasteiger charge is 2.42. The molecule has 0 bridgehead atoms. The van der Waals surface area contributed by atoms with Crippen LogP contribution in [0.25, 0.3) is 11.3 Å². The molecule has 3 fully saturated rings. The van der Waals surface area contributed by atoms with Gasteiger partial charge in [-0.2, -0.15) is 0 Å². The standard InChI is InChI=1S/C24H33N3.C9H16O2/c1-23(2)12-13-24(3,4)20-16-17(8-9-19(20)23)21-6-5-7-22(26-21)27-14-10-18(25)11-15-27;1-9(2)10-7-5-3-4-6-8(7)11-9/h5-9,16,18H,10-15,25H2,1-4H3;7-8H,3-6H2,1-2H3/t;7-,8?/m.1/s1. The van der Waals surface area contributed by atoms with Crippen molar-refractivity contribution in [2.24, 2.45) is 5.73 Å². The smallest absolute Gasteiger partial charge is 0.163 e. The monoisotopic (exact) mass is 519 g/mol. The average molecular weight is 520 g/mol. The van der Waals surface area contributed by atoms with E-state index in [9.17, 15) is 0 Å². The van der Waals surface area contributed by atoms with E-state index in [1.807, 2.05) is 13.8 Å². The number of aromatic nitrogens is 1. The Morgan fingerprint density at radius 3 is 2.03 bits per heavy atom. The van der Waals surface area contributed by atoms with Crippen molar-refractivity contribution in [3.63, 3.8) is 0 Å². The Kier molecular flexibility index (Phi) is 7.67. The quantitative estimate of drug-likeness (QED) is 0.458. The van der Waals surface area contributed by atoms with Crippen LogP contribution >= 0.6 is 0 Å². The molecule has 0 amide bonds. The number of anilines is 1. The molecule has 2 saturated heterocycles. The Balaban J connectivity index is 0.000000222. The first-order chi connectivity index (χ1) is 17.9. The maximum atomic E-state index is 6.06. The molecule has 0 radical (unpaired) electrons. The van der Waals surface area contributed by atoms with E-state index in [1.54, 1.807) is 0 Å². The Labute approximate surface area is 230 Å². The molecule has 0 spiro atoms. The first-order valence-corrected chi connectivity index (χ1v) is 14.9. The van der Waals surface area contributed by atoms with Gasteiger partial charge in [-0.1, -0.05) is 58.7 Å². The van der Waals surface area contributed by atoms with Crippen LogP contribution in [0.3, 0.4) is 0 Å². The Morgan fingerprint density at radius 2 is 1.39 bits per heavy atom. The summed E-state index contributed by atoms with van der Waals surface area (Å²) >= 11 is 0. The second-order valence-electron chi connectivity index (χ2n) is 13.7. The maximum Gasteiger partial charge on any atom is 0.163 e. The molecular weight excluding hydrogens is 470 g/mol. The highest BCUT2D eigenvalue weighted by atomic mass is 16.7. The number of nitrogens with zero attached hydrogens (tertiary/aromatic N) is 2. The number of nitrogens with two attached hydrogens (primary N) is 1. The van der Waals surface area contributed by atoms with Gasteiger partial charge in [0, 0.05) is 24.7 Å². The number of ether oxygens (including phenoxy) is 2. The van der Waals surface area contributed by atoms with Crippen molar-refractivity contribution >= 4 is 5.82 Å². The summed E-state index contributed by atoms with van der Waals surface area (Å²) in [6.45, 7) is 15.5. The van der Waals surface area contributed by atoms with Gasteiger partial charge in [0.25, 0.3) is 0 Å². The van der Waals surface area contributed by atoms with Crippen molar-refractivity contribution in [3.8, 4) is 11.3 Å². The fourth-order valence-electron chi connectivity index (χ4n) is 6.73. The molecule has 2 atom stereocenters. The van der Waals surface area contributed by atoms with Crippen molar-refractivity contribution in [3.05, 3.63) is 47.5 Å². The van der Waals surface area contributed by atoms with Crippen LogP contribution in [0.2, 0.25) is 0 Å². The van der Waals surface area contributed by atoms with Crippen LogP contribution in [0.4, 0.5) is 5.82 Å². The Bertz CT molecular complexity index is 1100. The summed E-state index contributed by atoms with van der Waals surface area (Å²) in [7, 11) is 0. The fourth-order valence-corrected chi connectivity index (χ4v) is 6.73. The van der Waals surface area contributed by atoms with Crippen molar-refractivity contribution in [1.29, 1.82) is 0 Å². The van der Waals surface area contributed by atoms with Gasteiger partial charge in [-0.05, 0) is 92.5 Å². The third kappa shape index (κ3) is 5.95. The molecular formula is C33H49N3O2. The zero-order valence-electron chi connectivity index (χ0n) is 24.6. The zero-order chi connectivity index (χ0) is 27.1. The normalized spacial score (nSPS) is 27.6. The minimum absolute atomic E-state index is 0.224. The van der Waals surface area contributed by atoms with Crippen LogP contribution in [-0.2, 0) is 20.3 Å². The van der Waals surface area contributed by atoms with Crippen molar-refractivity contribution < 1.29 is 9.47 Å². The van der Waals surface area contributed by atoms with Crippen LogP contribution < -0.4 is 10.6 Å². The van der Waals surface area contributed by atoms with E-state index in [2.05, 4.69) is 69.0 Å². The molecule has 6 rings (SSSR count). The minimum Gasteiger partial charge on any atom is -0.356 e. The van der Waals surface area contributed by atoms with E-state index in [-0.39, 0.29) is 16.6 Å². The summed E-state index contributed by atoms with van der Waals surface area (Å²) in [5, 5.41) is 0. The summed E-state index contributed by atoms with van der Waals surface area (Å²) < 4.78 is 11.5. The molecule has 5 heteroatoms. The lowest BCUT2D eigenvalue weighted by atomic mass is 9.63. The van der Waals surface area contributed by atoms with Crippen LogP contribution in [0.5, 0.6) is 0 Å². The van der Waals surface area contributed by atoms with Gasteiger partial charge < -0.3 is 20.1 Å². The highest BCUT2D eigenvalue weighted by Crippen LogP contribution is 2.46. The van der Waals surface area contributed by atoms with Crippen LogP contribution in [0.15, 0.2) is 36.4 Å². The summed E-state index contributed by atoms with van der Waals surface area (Å²) in [5.41, 5.74) is 11.8. The van der Waals surface area contributed by atoms with E-state index < -0.39 is 0 Å². The molecule has 2 aromatic rings. The first-order valence-electron chi connectivity index (χ1n) is 14.9. The topological polar surface area (TPSA) is 60.6 Å². The molecule has 2 aliphatic heterocycles. The second kappa shape index (κ2) is 10.6. The van der Waals surface area contributed by atoms with Crippen molar-refractivity contribution in [2.45, 2.75) is 128 Å². The van der Waals surface area contributed by atoms with Gasteiger partial charge in [-0.25, -0.2) is 4.98 Å². The predicted octanol–water partition coefficient (Wildman–Crippen LogP) is 7.11. The van der Waals surface area contributed by atoms with Gasteiger partial charge in [0.05, 0.1) is 17.9 Å². The molecule has 1 aromatic carbocycles. The second-order valence-corrected chi connectivity index (χ2v) is 13.7. The summed E-state index contributed by atoms with van der Waals surface area (Å²) in [4.78, 5) is 7.38. The maximum absolute atomic E-state index is 6.06. The highest BCUT2D eigenvalue weighted by molar-refractivity contribution is 5.65. The largest absolute Gasteiger partial charge is 0.356 e. The SMILES string of the molecule is CC1(C)CCC(C)(C)c2cc(-c3cccc(N4CCC(N)CC4)n3)ccc21.CC1(C)OC2CCCC[C@H]2O1. The fraction of sp³-hybridized carbons (Fsp3) is 0.667. The van der Waals surface area contributed by atoms with E-state index >= 15 is 0 Å². The van der Waals surface area contributed by atoms with Gasteiger partial charge in [0.2, 0.25) is 0 Å². The minimum atomic E-state index is -0.320. The van der Waals surface area contributed by atoms with Gasteiger partial charge in [0.15, 0.2) is 5.79 Å². The van der Waals surface area contributed by atoms with Crippen LogP contribution in [0, 0.1) is 0 Å². The third-order valence-corrected chi connectivity index (χ3v) is 9.26. The number of fused-ring (bicyclic) bond motifs is 2. The number of rotatable bonds is 2. The average Bonchev–Trinajstić information content (AvgIpc) is 3.21. The molecule has 208 valence electrons. The Morgan fingerprint density at radius 1 is 0.789 bits per heavy atom. The molecule has 4 aliphatic rings. The molecule has 5 nitrogen and oxygen atoms in total. The number of hydrogen-bond acceptors (Lipinski definition) is 5. The molecule has 1 aromatic heterocycles. The third-order valence-electron chi connectivity index (χ3n) is 9.26. The van der Waals surface area contributed by atoms with Gasteiger partial charge in [-0.15, -0.1) is 0 Å². The molecule has 2 aliphatic carbocycles. The molecule has 1 saturated carbocycles. The van der Waals surface area contributed by atoms with E-state index in [0.717, 1.165) is 37.4 Å². The lowest BCUT2D eigenvalue weighted by molar-refractivity contribution is -0.145. The first kappa shape index (κ1) is 27.6. The lowest BCUT2D eigenvalue weighted by Gasteiger charge is -2.42. The van der Waals surface area contributed by atoms with Crippen LogP contribution in [0.1, 0.15) is 104 Å². The van der Waals surface area contributed by atoms with Gasteiger partial charge in [-0.3, -0.25) is 0 Å². The van der Waals surface area contributed by atoms with Gasteiger partial charge in [0.1, 0.15) is 5.82 Å². The van der Waals surface area contributed by atoms with Crippen molar-refractivity contribution in [1.82, 2.24) is 4.98 Å². The predicted molar refractivity (Wildman–Crippen MR) is 157 cm³/mol. The summed E-state index contributed by atoms with van der Waals surface area (Å²) in [6, 6.07) is 13.8. The van der Waals surface area contributed by atoms with E-state index in [1.165, 1.54) is 55.2 Å². The molecule has 2 N–H and O–H groups in total. The number of benzene rings is 1. The summed E-state index contributed by atoms with van der Waals surface area (Å²) in [5.74, 6) is 0.761. The van der Waals surface area contributed by atoms with E-state index in [4.69, 9.17) is 20.2 Å². The molecule has 3 heterocycles. The Hall–Kier alpha value is -1.95. The van der Waals surface area contributed by atoms with E-state index in [0.29, 0.717) is 18.2 Å². The van der Waals surface area contributed by atoms with Crippen LogP contribution in [-0.4, -0.2) is 42.1 Å². The molecule has 1 unspecified atom stereocenters. The van der Waals surface area contributed by atoms with Crippen molar-refractivity contribution in [2.75, 3.05) is 18.0 Å². The number of pyridine rings is 1. The lowest BCUT2D eigenvalue weighted by Crippen LogP contribution is -2.40.